The number of morpholine rings is 1. The molecule has 1 amide bonds. The van der Waals surface area contributed by atoms with Gasteiger partial charge in [0.05, 0.1) is 24.8 Å². The van der Waals surface area contributed by atoms with E-state index in [-0.39, 0.29) is 44.4 Å². The van der Waals surface area contributed by atoms with Crippen LogP contribution in [0.5, 0.6) is 0 Å². The molecular formula is C31H32F2N6O2. The SMILES string of the molecule is O=C(NCC(c1cnc(-c2ccccc2)nc1)N1CCC(F)(F)CC1)c1cccc2nc(N3CCOCC3)ccc12. The molecule has 4 heterocycles. The number of benzene rings is 2. The Kier molecular flexibility index (Phi) is 7.84. The van der Waals surface area contributed by atoms with Gasteiger partial charge in [0.2, 0.25) is 0 Å². The fraction of sp³-hybridized carbons (Fsp3) is 0.355. The van der Waals surface area contributed by atoms with Crippen molar-refractivity contribution in [2.75, 3.05) is 50.8 Å². The third-order valence-corrected chi connectivity index (χ3v) is 7.81. The van der Waals surface area contributed by atoms with E-state index in [1.165, 1.54) is 0 Å². The van der Waals surface area contributed by atoms with Gasteiger partial charge in [0.15, 0.2) is 5.82 Å². The zero-order valence-electron chi connectivity index (χ0n) is 22.7. The maximum absolute atomic E-state index is 14.0. The summed E-state index contributed by atoms with van der Waals surface area (Å²) in [7, 11) is 0. The Balaban J connectivity index is 1.21. The van der Waals surface area contributed by atoms with Crippen molar-refractivity contribution in [3.05, 3.63) is 84.2 Å². The molecule has 0 saturated carbocycles. The number of nitrogens with zero attached hydrogens (tertiary/aromatic N) is 5. The molecule has 0 spiro atoms. The number of fused-ring (bicyclic) bond motifs is 1. The molecule has 0 bridgehead atoms. The molecule has 1 atom stereocenters. The minimum atomic E-state index is -2.67. The van der Waals surface area contributed by atoms with Crippen molar-refractivity contribution in [1.29, 1.82) is 0 Å². The van der Waals surface area contributed by atoms with Crippen LogP contribution in [0, 0.1) is 0 Å². The van der Waals surface area contributed by atoms with Gasteiger partial charge in [0.1, 0.15) is 5.82 Å². The Labute approximate surface area is 237 Å². The molecule has 10 heteroatoms. The lowest BCUT2D eigenvalue weighted by molar-refractivity contribution is -0.0632. The predicted octanol–water partition coefficient (Wildman–Crippen LogP) is 4.73. The average molecular weight is 559 g/mol. The van der Waals surface area contributed by atoms with Gasteiger partial charge < -0.3 is 15.0 Å². The molecular weight excluding hydrogens is 526 g/mol. The summed E-state index contributed by atoms with van der Waals surface area (Å²) in [5, 5.41) is 3.81. The minimum absolute atomic E-state index is 0.219. The molecule has 0 aliphatic carbocycles. The normalized spacial score (nSPS) is 18.2. The number of rotatable bonds is 7. The summed E-state index contributed by atoms with van der Waals surface area (Å²) in [6.07, 6.45) is 3.02. The first-order valence-corrected chi connectivity index (χ1v) is 14.0. The van der Waals surface area contributed by atoms with Crippen molar-refractivity contribution >= 4 is 22.6 Å². The van der Waals surface area contributed by atoms with Crippen LogP contribution >= 0.6 is 0 Å². The second-order valence-electron chi connectivity index (χ2n) is 10.5. The van der Waals surface area contributed by atoms with Gasteiger partial charge in [-0.05, 0) is 24.3 Å². The molecule has 212 valence electrons. The molecule has 0 radical (unpaired) electrons. The smallest absolute Gasteiger partial charge is 0.252 e. The van der Waals surface area contributed by atoms with E-state index in [2.05, 4.69) is 20.2 Å². The fourth-order valence-corrected chi connectivity index (χ4v) is 5.46. The van der Waals surface area contributed by atoms with E-state index in [0.717, 1.165) is 40.9 Å². The largest absolute Gasteiger partial charge is 0.378 e. The fourth-order valence-electron chi connectivity index (χ4n) is 5.46. The number of alkyl halides is 2. The number of carbonyl (C=O) groups excluding carboxylic acids is 1. The van der Waals surface area contributed by atoms with Gasteiger partial charge in [-0.3, -0.25) is 9.69 Å². The number of aromatic nitrogens is 3. The molecule has 1 N–H and O–H groups in total. The average Bonchev–Trinajstić information content (AvgIpc) is 3.02. The van der Waals surface area contributed by atoms with Crippen LogP contribution < -0.4 is 10.2 Å². The molecule has 2 fully saturated rings. The van der Waals surface area contributed by atoms with Crippen molar-refractivity contribution < 1.29 is 18.3 Å². The Bertz CT molecular complexity index is 1490. The second kappa shape index (κ2) is 11.8. The number of nitrogens with one attached hydrogen (secondary N) is 1. The van der Waals surface area contributed by atoms with Crippen LogP contribution in [0.15, 0.2) is 73.1 Å². The molecule has 2 saturated heterocycles. The highest BCUT2D eigenvalue weighted by atomic mass is 19.3. The summed E-state index contributed by atoms with van der Waals surface area (Å²) in [4.78, 5) is 31.5. The zero-order valence-corrected chi connectivity index (χ0v) is 22.7. The first-order chi connectivity index (χ1) is 20.0. The lowest BCUT2D eigenvalue weighted by Gasteiger charge is -2.37. The third kappa shape index (κ3) is 6.18. The lowest BCUT2D eigenvalue weighted by atomic mass is 10.0. The molecule has 1 unspecified atom stereocenters. The highest BCUT2D eigenvalue weighted by Gasteiger charge is 2.37. The number of piperidine rings is 1. The number of hydrogen-bond donors (Lipinski definition) is 1. The molecule has 6 rings (SSSR count). The van der Waals surface area contributed by atoms with E-state index in [0.29, 0.717) is 24.6 Å². The van der Waals surface area contributed by atoms with E-state index in [9.17, 15) is 13.6 Å². The summed E-state index contributed by atoms with van der Waals surface area (Å²) >= 11 is 0. The molecule has 2 aromatic carbocycles. The van der Waals surface area contributed by atoms with E-state index in [1.54, 1.807) is 18.5 Å². The number of halogens is 2. The van der Waals surface area contributed by atoms with Crippen LogP contribution in [0.4, 0.5) is 14.6 Å². The van der Waals surface area contributed by atoms with Crippen LogP contribution in [0.3, 0.4) is 0 Å². The first kappa shape index (κ1) is 27.2. The lowest BCUT2D eigenvalue weighted by Crippen LogP contribution is -2.45. The summed E-state index contributed by atoms with van der Waals surface area (Å²) in [6.45, 7) is 3.55. The van der Waals surface area contributed by atoms with Crippen molar-refractivity contribution in [3.8, 4) is 11.4 Å². The van der Waals surface area contributed by atoms with Crippen molar-refractivity contribution in [2.24, 2.45) is 0 Å². The zero-order chi connectivity index (χ0) is 28.2. The van der Waals surface area contributed by atoms with Gasteiger partial charge in [0.25, 0.3) is 11.8 Å². The molecule has 41 heavy (non-hydrogen) atoms. The number of amides is 1. The maximum Gasteiger partial charge on any atom is 0.252 e. The van der Waals surface area contributed by atoms with Gasteiger partial charge in [-0.2, -0.15) is 0 Å². The molecule has 2 aliphatic rings. The van der Waals surface area contributed by atoms with Gasteiger partial charge in [-0.25, -0.2) is 23.7 Å². The van der Waals surface area contributed by atoms with E-state index in [1.807, 2.05) is 59.5 Å². The van der Waals surface area contributed by atoms with Crippen molar-refractivity contribution in [2.45, 2.75) is 24.8 Å². The maximum atomic E-state index is 14.0. The Morgan fingerprint density at radius 3 is 2.39 bits per heavy atom. The quantitative estimate of drug-likeness (QED) is 0.351. The van der Waals surface area contributed by atoms with Crippen LogP contribution in [-0.2, 0) is 4.74 Å². The van der Waals surface area contributed by atoms with Crippen molar-refractivity contribution in [1.82, 2.24) is 25.2 Å². The number of hydrogen-bond acceptors (Lipinski definition) is 7. The molecule has 2 aliphatic heterocycles. The third-order valence-electron chi connectivity index (χ3n) is 7.81. The summed E-state index contributed by atoms with van der Waals surface area (Å²) in [6, 6.07) is 18.7. The van der Waals surface area contributed by atoms with E-state index < -0.39 is 5.92 Å². The molecule has 2 aromatic heterocycles. The van der Waals surface area contributed by atoms with Crippen LogP contribution in [0.1, 0.15) is 34.8 Å². The number of ether oxygens (including phenoxy) is 1. The van der Waals surface area contributed by atoms with Crippen LogP contribution in [0.2, 0.25) is 0 Å². The highest BCUT2D eigenvalue weighted by molar-refractivity contribution is 6.06. The Hall–Kier alpha value is -4.02. The highest BCUT2D eigenvalue weighted by Crippen LogP contribution is 2.32. The van der Waals surface area contributed by atoms with Gasteiger partial charge in [-0.15, -0.1) is 0 Å². The molecule has 4 aromatic rings. The summed E-state index contributed by atoms with van der Waals surface area (Å²) < 4.78 is 33.4. The Morgan fingerprint density at radius 2 is 1.66 bits per heavy atom. The van der Waals surface area contributed by atoms with Gasteiger partial charge in [0, 0.05) is 80.0 Å². The van der Waals surface area contributed by atoms with Gasteiger partial charge in [-0.1, -0.05) is 36.4 Å². The second-order valence-corrected chi connectivity index (χ2v) is 10.5. The first-order valence-electron chi connectivity index (χ1n) is 14.0. The minimum Gasteiger partial charge on any atom is -0.378 e. The predicted molar refractivity (Wildman–Crippen MR) is 153 cm³/mol. The van der Waals surface area contributed by atoms with E-state index in [4.69, 9.17) is 9.72 Å². The van der Waals surface area contributed by atoms with E-state index >= 15 is 0 Å². The van der Waals surface area contributed by atoms with Crippen LogP contribution in [0.25, 0.3) is 22.3 Å². The van der Waals surface area contributed by atoms with Gasteiger partial charge >= 0.3 is 0 Å². The van der Waals surface area contributed by atoms with Crippen LogP contribution in [-0.4, -0.2) is 77.6 Å². The number of carbonyl (C=O) groups is 1. The summed E-state index contributed by atoms with van der Waals surface area (Å²) in [5.74, 6) is -1.47. The summed E-state index contributed by atoms with van der Waals surface area (Å²) in [5.41, 5.74) is 2.91. The number of pyridine rings is 1. The Morgan fingerprint density at radius 1 is 0.927 bits per heavy atom. The van der Waals surface area contributed by atoms with Crippen molar-refractivity contribution in [3.63, 3.8) is 0 Å². The molecule has 8 nitrogen and oxygen atoms in total. The number of likely N-dealkylation sites (tertiary alicyclic amines) is 1. The topological polar surface area (TPSA) is 83.5 Å². The monoisotopic (exact) mass is 558 g/mol. The number of anilines is 1. The standard InChI is InChI=1S/C31H32F2N6O2/c32-31(33)11-13-38(14-12-31)27(23-19-34-29(35-20-23)22-5-2-1-3-6-22)21-36-30(40)25-7-4-8-26-24(25)9-10-28(37-26)39-15-17-41-18-16-39/h1-10,19-20,27H,11-18,21H2,(H,36,40).